The van der Waals surface area contributed by atoms with Gasteiger partial charge in [0.25, 0.3) is 0 Å². The number of rotatable bonds is 3. The summed E-state index contributed by atoms with van der Waals surface area (Å²) in [5.74, 6) is -0.351. The minimum absolute atomic E-state index is 0.351. The van der Waals surface area contributed by atoms with Gasteiger partial charge in [0.1, 0.15) is 0 Å². The number of primary amides is 1. The lowest BCUT2D eigenvalue weighted by molar-refractivity contribution is 0.100. The summed E-state index contributed by atoms with van der Waals surface area (Å²) in [5, 5.41) is 0. The summed E-state index contributed by atoms with van der Waals surface area (Å²) in [6.07, 6.45) is 6.77. The SMILES string of the molecule is NC(=O)c1c(C2=CCCCC2)cccc1-c1ccccc1. The number of benzene rings is 2. The molecule has 2 aromatic rings. The van der Waals surface area contributed by atoms with E-state index >= 15 is 0 Å². The van der Waals surface area contributed by atoms with Crippen LogP contribution < -0.4 is 5.73 Å². The van der Waals surface area contributed by atoms with Gasteiger partial charge in [-0.3, -0.25) is 4.79 Å². The maximum absolute atomic E-state index is 12.1. The van der Waals surface area contributed by atoms with Crippen LogP contribution in [-0.4, -0.2) is 5.91 Å². The minimum Gasteiger partial charge on any atom is -0.366 e. The largest absolute Gasteiger partial charge is 0.366 e. The maximum Gasteiger partial charge on any atom is 0.249 e. The van der Waals surface area contributed by atoms with Crippen LogP contribution in [-0.2, 0) is 0 Å². The van der Waals surface area contributed by atoms with Gasteiger partial charge in [-0.1, -0.05) is 54.6 Å². The number of carbonyl (C=O) groups is 1. The van der Waals surface area contributed by atoms with Gasteiger partial charge in [0, 0.05) is 0 Å². The van der Waals surface area contributed by atoms with Crippen LogP contribution in [0.4, 0.5) is 0 Å². The lowest BCUT2D eigenvalue weighted by atomic mass is 9.87. The Bertz CT molecular complexity index is 686. The van der Waals surface area contributed by atoms with Crippen molar-refractivity contribution in [2.45, 2.75) is 25.7 Å². The van der Waals surface area contributed by atoms with Gasteiger partial charge in [-0.25, -0.2) is 0 Å². The molecule has 106 valence electrons. The average molecular weight is 277 g/mol. The fraction of sp³-hybridized carbons (Fsp3) is 0.211. The zero-order valence-corrected chi connectivity index (χ0v) is 12.0. The lowest BCUT2D eigenvalue weighted by Gasteiger charge is -2.18. The van der Waals surface area contributed by atoms with E-state index in [2.05, 4.69) is 6.08 Å². The quantitative estimate of drug-likeness (QED) is 0.887. The summed E-state index contributed by atoms with van der Waals surface area (Å²) in [7, 11) is 0. The Labute approximate surface area is 125 Å². The molecule has 0 unspecified atom stereocenters. The Hall–Kier alpha value is -2.35. The topological polar surface area (TPSA) is 43.1 Å². The van der Waals surface area contributed by atoms with Crippen LogP contribution in [0.25, 0.3) is 16.7 Å². The molecule has 1 aliphatic rings. The summed E-state index contributed by atoms with van der Waals surface area (Å²) < 4.78 is 0. The maximum atomic E-state index is 12.1. The number of nitrogens with two attached hydrogens (primary N) is 1. The van der Waals surface area contributed by atoms with Crippen LogP contribution in [0.3, 0.4) is 0 Å². The molecule has 0 aromatic heterocycles. The van der Waals surface area contributed by atoms with Crippen molar-refractivity contribution in [3.63, 3.8) is 0 Å². The van der Waals surface area contributed by atoms with E-state index in [1.165, 1.54) is 18.4 Å². The molecule has 0 spiro atoms. The third-order valence-electron chi connectivity index (χ3n) is 4.03. The van der Waals surface area contributed by atoms with Crippen molar-refractivity contribution < 1.29 is 4.79 Å². The zero-order valence-electron chi connectivity index (χ0n) is 12.0. The number of amides is 1. The van der Waals surface area contributed by atoms with Gasteiger partial charge in [0.05, 0.1) is 5.56 Å². The normalized spacial score (nSPS) is 14.6. The molecule has 2 aromatic carbocycles. The summed E-state index contributed by atoms with van der Waals surface area (Å²) in [5.41, 5.74) is 10.6. The standard InChI is InChI=1S/C19H19NO/c20-19(21)18-16(14-8-3-1-4-9-14)12-7-13-17(18)15-10-5-2-6-11-15/h1,3-4,7-10,12-13H,2,5-6,11H2,(H2,20,21). The number of hydrogen-bond donors (Lipinski definition) is 1. The first-order valence-electron chi connectivity index (χ1n) is 7.45. The highest BCUT2D eigenvalue weighted by Gasteiger charge is 2.18. The summed E-state index contributed by atoms with van der Waals surface area (Å²) in [6, 6.07) is 16.0. The fourth-order valence-electron chi connectivity index (χ4n) is 3.03. The molecule has 2 N–H and O–H groups in total. The Morgan fingerprint density at radius 2 is 1.67 bits per heavy atom. The van der Waals surface area contributed by atoms with E-state index in [0.29, 0.717) is 5.56 Å². The third-order valence-corrected chi connectivity index (χ3v) is 4.03. The summed E-state index contributed by atoms with van der Waals surface area (Å²) >= 11 is 0. The van der Waals surface area contributed by atoms with Crippen LogP contribution in [0, 0.1) is 0 Å². The van der Waals surface area contributed by atoms with Gasteiger partial charge >= 0.3 is 0 Å². The Kier molecular flexibility index (Phi) is 3.87. The molecule has 2 heteroatoms. The molecule has 21 heavy (non-hydrogen) atoms. The van der Waals surface area contributed by atoms with Gasteiger partial charge in [-0.2, -0.15) is 0 Å². The Morgan fingerprint density at radius 3 is 2.33 bits per heavy atom. The van der Waals surface area contributed by atoms with E-state index in [4.69, 9.17) is 5.73 Å². The second-order valence-electron chi connectivity index (χ2n) is 5.43. The van der Waals surface area contributed by atoms with Crippen molar-refractivity contribution in [3.05, 3.63) is 65.7 Å². The zero-order chi connectivity index (χ0) is 14.7. The van der Waals surface area contributed by atoms with Crippen LogP contribution in [0.1, 0.15) is 41.6 Å². The first-order chi connectivity index (χ1) is 10.3. The second-order valence-corrected chi connectivity index (χ2v) is 5.43. The molecule has 0 saturated carbocycles. The highest BCUT2D eigenvalue weighted by molar-refractivity contribution is 6.04. The van der Waals surface area contributed by atoms with Crippen molar-refractivity contribution in [2.75, 3.05) is 0 Å². The highest BCUT2D eigenvalue weighted by atomic mass is 16.1. The molecule has 0 aliphatic heterocycles. The van der Waals surface area contributed by atoms with E-state index in [9.17, 15) is 4.79 Å². The number of carbonyl (C=O) groups excluding carboxylic acids is 1. The Morgan fingerprint density at radius 1 is 0.905 bits per heavy atom. The van der Waals surface area contributed by atoms with Crippen LogP contribution in [0.15, 0.2) is 54.6 Å². The summed E-state index contributed by atoms with van der Waals surface area (Å²) in [4.78, 5) is 12.1. The van der Waals surface area contributed by atoms with Gasteiger partial charge in [0.2, 0.25) is 5.91 Å². The molecular formula is C19H19NO. The predicted octanol–water partition coefficient (Wildman–Crippen LogP) is 4.41. The van der Waals surface area contributed by atoms with Crippen molar-refractivity contribution >= 4 is 11.5 Å². The monoisotopic (exact) mass is 277 g/mol. The van der Waals surface area contributed by atoms with Crippen molar-refractivity contribution in [1.29, 1.82) is 0 Å². The van der Waals surface area contributed by atoms with Crippen molar-refractivity contribution in [2.24, 2.45) is 5.73 Å². The van der Waals surface area contributed by atoms with E-state index in [1.807, 2.05) is 48.5 Å². The second kappa shape index (κ2) is 5.96. The fourth-order valence-corrected chi connectivity index (χ4v) is 3.03. The number of hydrogen-bond acceptors (Lipinski definition) is 1. The van der Waals surface area contributed by atoms with Gasteiger partial charge in [-0.15, -0.1) is 0 Å². The molecule has 1 aliphatic carbocycles. The van der Waals surface area contributed by atoms with Crippen molar-refractivity contribution in [1.82, 2.24) is 0 Å². The third kappa shape index (κ3) is 2.75. The van der Waals surface area contributed by atoms with Crippen molar-refractivity contribution in [3.8, 4) is 11.1 Å². The molecule has 0 bridgehead atoms. The lowest BCUT2D eigenvalue weighted by Crippen LogP contribution is -2.15. The van der Waals surface area contributed by atoms with Crippen LogP contribution >= 0.6 is 0 Å². The molecule has 2 nitrogen and oxygen atoms in total. The van der Waals surface area contributed by atoms with Gasteiger partial charge < -0.3 is 5.73 Å². The molecule has 0 fully saturated rings. The van der Waals surface area contributed by atoms with E-state index in [1.54, 1.807) is 0 Å². The molecule has 0 heterocycles. The highest BCUT2D eigenvalue weighted by Crippen LogP contribution is 2.33. The molecule has 1 amide bonds. The van der Waals surface area contributed by atoms with Crippen LogP contribution in [0.5, 0.6) is 0 Å². The molecule has 0 atom stereocenters. The molecule has 3 rings (SSSR count). The van der Waals surface area contributed by atoms with Gasteiger partial charge in [-0.05, 0) is 47.9 Å². The predicted molar refractivity (Wildman–Crippen MR) is 86.8 cm³/mol. The van der Waals surface area contributed by atoms with Crippen LogP contribution in [0.2, 0.25) is 0 Å². The van der Waals surface area contributed by atoms with E-state index in [0.717, 1.165) is 29.5 Å². The molecular weight excluding hydrogens is 258 g/mol. The van der Waals surface area contributed by atoms with E-state index in [-0.39, 0.29) is 5.91 Å². The molecule has 0 saturated heterocycles. The summed E-state index contributed by atoms with van der Waals surface area (Å²) in [6.45, 7) is 0. The number of allylic oxidation sites excluding steroid dienone is 2. The molecule has 0 radical (unpaired) electrons. The Balaban J connectivity index is 2.18. The average Bonchev–Trinajstić information content (AvgIpc) is 2.55. The first-order valence-corrected chi connectivity index (χ1v) is 7.45. The minimum atomic E-state index is -0.351. The smallest absolute Gasteiger partial charge is 0.249 e. The first kappa shape index (κ1) is 13.6. The van der Waals surface area contributed by atoms with E-state index < -0.39 is 0 Å². The van der Waals surface area contributed by atoms with Gasteiger partial charge in [0.15, 0.2) is 0 Å².